The first-order chi connectivity index (χ1) is 12.8. The zero-order chi connectivity index (χ0) is 19.5. The van der Waals surface area contributed by atoms with Crippen LogP contribution in [0.2, 0.25) is 0 Å². The van der Waals surface area contributed by atoms with E-state index in [4.69, 9.17) is 0 Å². The van der Waals surface area contributed by atoms with Crippen LogP contribution in [0.4, 0.5) is 4.39 Å². The van der Waals surface area contributed by atoms with E-state index >= 15 is 0 Å². The van der Waals surface area contributed by atoms with Crippen molar-refractivity contribution in [2.75, 3.05) is 0 Å². The van der Waals surface area contributed by atoms with Crippen LogP contribution in [0.5, 0.6) is 0 Å². The Balaban J connectivity index is 1.68. The van der Waals surface area contributed by atoms with Crippen molar-refractivity contribution in [1.29, 1.82) is 0 Å². The average molecular weight is 413 g/mol. The van der Waals surface area contributed by atoms with E-state index in [1.54, 1.807) is 0 Å². The molecule has 2 aromatic carbocycles. The molecule has 1 aliphatic rings. The van der Waals surface area contributed by atoms with Crippen molar-refractivity contribution in [3.63, 3.8) is 0 Å². The highest BCUT2D eigenvalue weighted by Gasteiger charge is 2.23. The van der Waals surface area contributed by atoms with Gasteiger partial charge in [-0.3, -0.25) is 0 Å². The summed E-state index contributed by atoms with van der Waals surface area (Å²) in [6.45, 7) is 0.00585. The molecule has 146 valence electrons. The first kappa shape index (κ1) is 19.9. The third kappa shape index (κ3) is 5.13. The summed E-state index contributed by atoms with van der Waals surface area (Å²) in [6, 6.07) is 10.5. The molecule has 0 amide bonds. The van der Waals surface area contributed by atoms with E-state index in [2.05, 4.69) is 9.44 Å². The summed E-state index contributed by atoms with van der Waals surface area (Å²) in [7, 11) is -7.48. The maximum absolute atomic E-state index is 12.9. The summed E-state index contributed by atoms with van der Waals surface area (Å²) in [6.07, 6.45) is 3.65. The Morgan fingerprint density at radius 1 is 0.815 bits per heavy atom. The molecule has 6 nitrogen and oxygen atoms in total. The van der Waals surface area contributed by atoms with Crippen LogP contribution in [-0.2, 0) is 26.6 Å². The molecule has 2 aromatic rings. The first-order valence-corrected chi connectivity index (χ1v) is 11.6. The van der Waals surface area contributed by atoms with Crippen LogP contribution in [0.25, 0.3) is 0 Å². The van der Waals surface area contributed by atoms with Gasteiger partial charge >= 0.3 is 0 Å². The van der Waals surface area contributed by atoms with Crippen molar-refractivity contribution in [1.82, 2.24) is 9.44 Å². The minimum atomic E-state index is -3.81. The molecular weight excluding hydrogens is 391 g/mol. The Morgan fingerprint density at radius 3 is 1.89 bits per heavy atom. The van der Waals surface area contributed by atoms with E-state index in [0.29, 0.717) is 5.56 Å². The molecule has 0 bridgehead atoms. The fourth-order valence-electron chi connectivity index (χ4n) is 2.99. The predicted octanol–water partition coefficient (Wildman–Crippen LogP) is 2.53. The van der Waals surface area contributed by atoms with Crippen molar-refractivity contribution in [3.05, 3.63) is 59.9 Å². The zero-order valence-corrected chi connectivity index (χ0v) is 16.2. The molecule has 0 unspecified atom stereocenters. The van der Waals surface area contributed by atoms with Gasteiger partial charge in [0.15, 0.2) is 0 Å². The van der Waals surface area contributed by atoms with E-state index in [-0.39, 0.29) is 22.4 Å². The number of hydrogen-bond donors (Lipinski definition) is 2. The number of benzene rings is 2. The Labute approximate surface area is 158 Å². The van der Waals surface area contributed by atoms with Gasteiger partial charge in [-0.25, -0.2) is 30.7 Å². The number of halogens is 1. The largest absolute Gasteiger partial charge is 0.240 e. The molecule has 0 spiro atoms. The van der Waals surface area contributed by atoms with E-state index in [1.807, 2.05) is 0 Å². The standard InChI is InChI=1S/C18H21FN2O4S2/c19-15-7-5-14(6-8-15)13-20-26(22,23)17-9-11-18(12-10-17)27(24,25)21-16-3-1-2-4-16/h5-12,16,20-21H,1-4,13H2. The molecule has 1 aliphatic carbocycles. The van der Waals surface area contributed by atoms with Crippen LogP contribution >= 0.6 is 0 Å². The number of hydrogen-bond acceptors (Lipinski definition) is 4. The van der Waals surface area contributed by atoms with E-state index in [0.717, 1.165) is 25.7 Å². The molecule has 0 atom stereocenters. The van der Waals surface area contributed by atoms with Crippen LogP contribution in [0.3, 0.4) is 0 Å². The maximum atomic E-state index is 12.9. The van der Waals surface area contributed by atoms with Crippen LogP contribution in [0.15, 0.2) is 58.3 Å². The second-order valence-electron chi connectivity index (χ2n) is 6.53. The SMILES string of the molecule is O=S(=O)(NCc1ccc(F)cc1)c1ccc(S(=O)(=O)NC2CCCC2)cc1. The van der Waals surface area contributed by atoms with Crippen molar-refractivity contribution < 1.29 is 21.2 Å². The lowest BCUT2D eigenvalue weighted by molar-refractivity contribution is 0.551. The van der Waals surface area contributed by atoms with Crippen LogP contribution < -0.4 is 9.44 Å². The van der Waals surface area contributed by atoms with Crippen LogP contribution in [0, 0.1) is 5.82 Å². The summed E-state index contributed by atoms with van der Waals surface area (Å²) in [5.74, 6) is -0.399. The van der Waals surface area contributed by atoms with Crippen molar-refractivity contribution in [2.24, 2.45) is 0 Å². The lowest BCUT2D eigenvalue weighted by atomic mass is 10.2. The molecule has 0 radical (unpaired) electrons. The van der Waals surface area contributed by atoms with Crippen LogP contribution in [-0.4, -0.2) is 22.9 Å². The quantitative estimate of drug-likeness (QED) is 0.731. The van der Waals surface area contributed by atoms with Gasteiger partial charge in [0.25, 0.3) is 0 Å². The van der Waals surface area contributed by atoms with Gasteiger partial charge in [-0.1, -0.05) is 25.0 Å². The topological polar surface area (TPSA) is 92.3 Å². The monoisotopic (exact) mass is 412 g/mol. The Hall–Kier alpha value is -1.81. The van der Waals surface area contributed by atoms with Gasteiger partial charge in [0, 0.05) is 12.6 Å². The van der Waals surface area contributed by atoms with Gasteiger partial charge in [-0.2, -0.15) is 0 Å². The van der Waals surface area contributed by atoms with Gasteiger partial charge in [0.1, 0.15) is 5.82 Å². The summed E-state index contributed by atoms with van der Waals surface area (Å²) in [4.78, 5) is -0.00341. The Kier molecular flexibility index (Phi) is 5.95. The number of rotatable bonds is 7. The summed E-state index contributed by atoms with van der Waals surface area (Å²) >= 11 is 0. The van der Waals surface area contributed by atoms with Gasteiger partial charge in [0.05, 0.1) is 9.79 Å². The molecule has 0 saturated heterocycles. The van der Waals surface area contributed by atoms with Crippen molar-refractivity contribution in [3.8, 4) is 0 Å². The van der Waals surface area contributed by atoms with Crippen molar-refractivity contribution in [2.45, 2.75) is 48.1 Å². The van der Waals surface area contributed by atoms with Gasteiger partial charge in [0.2, 0.25) is 20.0 Å². The number of sulfonamides is 2. The molecule has 2 N–H and O–H groups in total. The zero-order valence-electron chi connectivity index (χ0n) is 14.6. The summed E-state index contributed by atoms with van der Waals surface area (Å²) in [5, 5.41) is 0. The highest BCUT2D eigenvalue weighted by Crippen LogP contribution is 2.21. The third-order valence-electron chi connectivity index (χ3n) is 4.50. The molecule has 9 heteroatoms. The molecule has 0 heterocycles. The first-order valence-electron chi connectivity index (χ1n) is 8.63. The lowest BCUT2D eigenvalue weighted by Crippen LogP contribution is -2.32. The normalized spacial score (nSPS) is 15.9. The van der Waals surface area contributed by atoms with E-state index < -0.39 is 25.9 Å². The predicted molar refractivity (Wildman–Crippen MR) is 99.4 cm³/mol. The molecular formula is C18H21FN2O4S2. The fourth-order valence-corrected chi connectivity index (χ4v) is 5.32. The highest BCUT2D eigenvalue weighted by atomic mass is 32.2. The smallest absolute Gasteiger partial charge is 0.208 e. The second kappa shape index (κ2) is 8.05. The molecule has 3 rings (SSSR count). The number of nitrogens with one attached hydrogen (secondary N) is 2. The fraction of sp³-hybridized carbons (Fsp3) is 0.333. The Bertz CT molecular complexity index is 983. The second-order valence-corrected chi connectivity index (χ2v) is 10.0. The molecule has 1 saturated carbocycles. The molecule has 0 aromatic heterocycles. The minimum Gasteiger partial charge on any atom is -0.208 e. The highest BCUT2D eigenvalue weighted by molar-refractivity contribution is 7.90. The van der Waals surface area contributed by atoms with E-state index in [9.17, 15) is 21.2 Å². The van der Waals surface area contributed by atoms with Gasteiger partial charge in [-0.05, 0) is 54.8 Å². The minimum absolute atomic E-state index is 0.00585. The van der Waals surface area contributed by atoms with Crippen molar-refractivity contribution >= 4 is 20.0 Å². The summed E-state index contributed by atoms with van der Waals surface area (Å²) in [5.41, 5.74) is 0.611. The van der Waals surface area contributed by atoms with Gasteiger partial charge in [-0.15, -0.1) is 0 Å². The maximum Gasteiger partial charge on any atom is 0.240 e. The third-order valence-corrected chi connectivity index (χ3v) is 7.45. The van der Waals surface area contributed by atoms with Gasteiger partial charge < -0.3 is 0 Å². The molecule has 1 fully saturated rings. The molecule has 0 aliphatic heterocycles. The summed E-state index contributed by atoms with van der Waals surface area (Å²) < 4.78 is 67.4. The Morgan fingerprint density at radius 2 is 1.33 bits per heavy atom. The lowest BCUT2D eigenvalue weighted by Gasteiger charge is -2.13. The molecule has 27 heavy (non-hydrogen) atoms. The van der Waals surface area contributed by atoms with Crippen LogP contribution in [0.1, 0.15) is 31.2 Å². The van der Waals surface area contributed by atoms with E-state index in [1.165, 1.54) is 48.5 Å². The average Bonchev–Trinajstić information content (AvgIpc) is 3.14.